The van der Waals surface area contributed by atoms with Crippen molar-refractivity contribution in [3.8, 4) is 0 Å². The second-order valence-electron chi connectivity index (χ2n) is 13.6. The van der Waals surface area contributed by atoms with Gasteiger partial charge in [-0.2, -0.15) is 0 Å². The van der Waals surface area contributed by atoms with E-state index in [1.165, 1.54) is 89.9 Å². The molecule has 244 valence electrons. The van der Waals surface area contributed by atoms with Gasteiger partial charge in [-0.3, -0.25) is 0 Å². The SMILES string of the molecule is CCCCCCC[CH2][Sn]([CH2]CCCCCCC)([O]C(=O)CCCCCCC(C)C)[O]C(=O)CCCCCCC(C)C. The summed E-state index contributed by atoms with van der Waals surface area (Å²) in [6.45, 7) is 13.6. The van der Waals surface area contributed by atoms with Gasteiger partial charge in [0.2, 0.25) is 0 Å². The molecule has 0 aromatic rings. The van der Waals surface area contributed by atoms with Gasteiger partial charge in [-0.05, 0) is 0 Å². The monoisotopic (exact) mass is 688 g/mol. The van der Waals surface area contributed by atoms with Crippen molar-refractivity contribution in [2.24, 2.45) is 11.8 Å². The number of carbonyl (C=O) groups is 2. The van der Waals surface area contributed by atoms with Gasteiger partial charge in [0.05, 0.1) is 0 Å². The minimum atomic E-state index is -3.89. The predicted molar refractivity (Wildman–Crippen MR) is 179 cm³/mol. The van der Waals surface area contributed by atoms with Crippen LogP contribution in [-0.4, -0.2) is 31.1 Å². The van der Waals surface area contributed by atoms with Crippen molar-refractivity contribution in [3.05, 3.63) is 0 Å². The summed E-state index contributed by atoms with van der Waals surface area (Å²) in [4.78, 5) is 26.3. The molecule has 0 aliphatic rings. The third kappa shape index (κ3) is 27.1. The van der Waals surface area contributed by atoms with Crippen LogP contribution in [0.5, 0.6) is 0 Å². The molecule has 0 bridgehead atoms. The molecular weight excluding hydrogens is 615 g/mol. The molecule has 0 aromatic heterocycles. The van der Waals surface area contributed by atoms with Crippen LogP contribution in [0.25, 0.3) is 0 Å². The van der Waals surface area contributed by atoms with Crippen LogP contribution < -0.4 is 0 Å². The molecule has 0 N–H and O–H groups in total. The van der Waals surface area contributed by atoms with E-state index in [4.69, 9.17) is 6.15 Å². The van der Waals surface area contributed by atoms with Crippen molar-refractivity contribution in [3.63, 3.8) is 0 Å². The van der Waals surface area contributed by atoms with E-state index in [0.29, 0.717) is 12.8 Å². The Hall–Kier alpha value is -0.261. The third-order valence-corrected chi connectivity index (χ3v) is 18.0. The van der Waals surface area contributed by atoms with E-state index in [0.717, 1.165) is 72.1 Å². The van der Waals surface area contributed by atoms with Crippen LogP contribution >= 0.6 is 0 Å². The maximum atomic E-state index is 13.2. The van der Waals surface area contributed by atoms with E-state index < -0.39 is 19.2 Å². The predicted octanol–water partition coefficient (Wildman–Crippen LogP) is 12.2. The molecule has 4 nitrogen and oxygen atoms in total. The Bertz CT molecular complexity index is 552. The van der Waals surface area contributed by atoms with Crippen LogP contribution in [-0.2, 0) is 15.7 Å². The maximum absolute atomic E-state index is 13.2. The van der Waals surface area contributed by atoms with Gasteiger partial charge in [0.1, 0.15) is 0 Å². The Morgan fingerprint density at radius 3 is 1.15 bits per heavy atom. The van der Waals surface area contributed by atoms with E-state index in [1.54, 1.807) is 0 Å². The zero-order valence-electron chi connectivity index (χ0n) is 28.7. The van der Waals surface area contributed by atoms with Crippen LogP contribution in [0.4, 0.5) is 0 Å². The number of carbonyl (C=O) groups excluding carboxylic acids is 2. The van der Waals surface area contributed by atoms with Gasteiger partial charge in [0.15, 0.2) is 0 Å². The molecule has 5 heteroatoms. The average Bonchev–Trinajstić information content (AvgIpc) is 2.91. The molecule has 0 amide bonds. The van der Waals surface area contributed by atoms with Gasteiger partial charge in [-0.15, -0.1) is 0 Å². The molecule has 0 fully saturated rings. The molecule has 0 saturated carbocycles. The molecule has 0 rings (SSSR count). The molecule has 0 aliphatic carbocycles. The Morgan fingerprint density at radius 2 is 0.780 bits per heavy atom. The Kier molecular flexibility index (Phi) is 28.3. The van der Waals surface area contributed by atoms with Crippen molar-refractivity contribution in [2.75, 3.05) is 0 Å². The first-order valence-corrected chi connectivity index (χ1v) is 24.5. The fourth-order valence-corrected chi connectivity index (χ4v) is 15.0. The van der Waals surface area contributed by atoms with E-state index in [-0.39, 0.29) is 11.9 Å². The van der Waals surface area contributed by atoms with Crippen molar-refractivity contribution >= 4 is 31.1 Å². The van der Waals surface area contributed by atoms with Crippen LogP contribution in [0.3, 0.4) is 0 Å². The number of hydrogen-bond acceptors (Lipinski definition) is 4. The van der Waals surface area contributed by atoms with E-state index in [1.807, 2.05) is 0 Å². The molecule has 41 heavy (non-hydrogen) atoms. The summed E-state index contributed by atoms with van der Waals surface area (Å²) >= 11 is -3.89. The molecular formula is C36H72O4Sn. The van der Waals surface area contributed by atoms with Crippen LogP contribution in [0.2, 0.25) is 8.87 Å². The molecule has 0 heterocycles. The Morgan fingerprint density at radius 1 is 0.463 bits per heavy atom. The molecule has 0 aliphatic heterocycles. The number of unbranched alkanes of at least 4 members (excludes halogenated alkanes) is 16. The second kappa shape index (κ2) is 28.5. The molecule has 0 aromatic carbocycles. The van der Waals surface area contributed by atoms with E-state index in [2.05, 4.69) is 41.5 Å². The topological polar surface area (TPSA) is 52.6 Å². The molecule has 0 spiro atoms. The average molecular weight is 688 g/mol. The standard InChI is InChI=1S/2C10H20O2.2C8H17.Sn/c2*1-9(2)7-5-3-4-6-8-10(11)12;2*1-3-5-7-8-6-4-2;/h2*9H,3-8H2,1-2H3,(H,11,12);2*1,3-8H2,2H3;/q;;;;+2/p-2. The zero-order chi connectivity index (χ0) is 30.6. The van der Waals surface area contributed by atoms with Crippen molar-refractivity contribution < 1.29 is 15.7 Å². The van der Waals surface area contributed by atoms with Crippen LogP contribution in [0, 0.1) is 11.8 Å². The molecule has 0 saturated heterocycles. The van der Waals surface area contributed by atoms with Crippen molar-refractivity contribution in [2.45, 2.75) is 205 Å². The quantitative estimate of drug-likeness (QED) is 0.0557. The number of rotatable bonds is 30. The van der Waals surface area contributed by atoms with Gasteiger partial charge < -0.3 is 0 Å². The van der Waals surface area contributed by atoms with E-state index >= 15 is 0 Å². The van der Waals surface area contributed by atoms with Crippen molar-refractivity contribution in [1.82, 2.24) is 0 Å². The fourth-order valence-electron chi connectivity index (χ4n) is 5.57. The van der Waals surface area contributed by atoms with Gasteiger partial charge in [-0.1, -0.05) is 0 Å². The zero-order valence-corrected chi connectivity index (χ0v) is 31.5. The number of hydrogen-bond donors (Lipinski definition) is 0. The molecule has 0 radical (unpaired) electrons. The normalized spacial score (nSPS) is 11.9. The summed E-state index contributed by atoms with van der Waals surface area (Å²) in [5.41, 5.74) is 0. The first-order valence-electron chi connectivity index (χ1n) is 18.2. The molecule has 0 unspecified atom stereocenters. The Balaban J connectivity index is 5.17. The molecule has 0 atom stereocenters. The van der Waals surface area contributed by atoms with Crippen molar-refractivity contribution in [1.29, 1.82) is 0 Å². The van der Waals surface area contributed by atoms with Gasteiger partial charge >= 0.3 is 263 Å². The summed E-state index contributed by atoms with van der Waals surface area (Å²) in [5.74, 6) is 1.30. The van der Waals surface area contributed by atoms with Gasteiger partial charge in [0.25, 0.3) is 0 Å². The second-order valence-corrected chi connectivity index (χ2v) is 22.8. The van der Waals surface area contributed by atoms with Crippen LogP contribution in [0.1, 0.15) is 196 Å². The summed E-state index contributed by atoms with van der Waals surface area (Å²) < 4.78 is 14.5. The van der Waals surface area contributed by atoms with E-state index in [9.17, 15) is 9.59 Å². The third-order valence-electron chi connectivity index (χ3n) is 8.25. The summed E-state index contributed by atoms with van der Waals surface area (Å²) in [6.07, 6.45) is 26.6. The summed E-state index contributed by atoms with van der Waals surface area (Å²) in [7, 11) is 0. The first-order chi connectivity index (χ1) is 19.7. The fraction of sp³-hybridized carbons (Fsp3) is 0.944. The summed E-state index contributed by atoms with van der Waals surface area (Å²) in [5, 5.41) is 0. The Labute approximate surface area is 262 Å². The van der Waals surface area contributed by atoms with Crippen LogP contribution in [0.15, 0.2) is 0 Å². The van der Waals surface area contributed by atoms with Gasteiger partial charge in [0, 0.05) is 0 Å². The first kappa shape index (κ1) is 40.7. The van der Waals surface area contributed by atoms with Gasteiger partial charge in [-0.25, -0.2) is 0 Å². The summed E-state index contributed by atoms with van der Waals surface area (Å²) in [6, 6.07) is 0. The minimum absolute atomic E-state index is 0.0943.